The number of carboxylic acids is 1. The second-order valence-electron chi connectivity index (χ2n) is 4.92. The predicted octanol–water partition coefficient (Wildman–Crippen LogP) is 3.99. The molecule has 0 aliphatic rings. The summed E-state index contributed by atoms with van der Waals surface area (Å²) >= 11 is 0. The maximum atomic E-state index is 12.5. The molecule has 0 atom stereocenters. The van der Waals surface area contributed by atoms with Gasteiger partial charge in [0, 0.05) is 17.2 Å². The smallest absolute Gasteiger partial charge is 0.328 e. The van der Waals surface area contributed by atoms with Crippen molar-refractivity contribution < 1.29 is 14.7 Å². The maximum Gasteiger partial charge on any atom is 0.328 e. The van der Waals surface area contributed by atoms with Crippen molar-refractivity contribution in [2.24, 2.45) is 0 Å². The average molecular weight is 292 g/mol. The highest BCUT2D eigenvalue weighted by atomic mass is 16.4. The van der Waals surface area contributed by atoms with E-state index >= 15 is 0 Å². The minimum atomic E-state index is -1.00. The second-order valence-corrected chi connectivity index (χ2v) is 4.92. The number of aryl methyl sites for hydroxylation is 1. The van der Waals surface area contributed by atoms with Gasteiger partial charge in [-0.1, -0.05) is 55.1 Å². The summed E-state index contributed by atoms with van der Waals surface area (Å²) in [5.74, 6) is -1.13. The van der Waals surface area contributed by atoms with E-state index in [9.17, 15) is 9.59 Å². The van der Waals surface area contributed by atoms with Gasteiger partial charge in [-0.2, -0.15) is 0 Å². The number of allylic oxidation sites excluding steroid dienone is 1. The molecule has 0 bridgehead atoms. The Kier molecular flexibility index (Phi) is 4.69. The van der Waals surface area contributed by atoms with Crippen molar-refractivity contribution in [3.05, 3.63) is 83.4 Å². The van der Waals surface area contributed by atoms with Gasteiger partial charge in [-0.3, -0.25) is 4.79 Å². The standard InChI is InChI=1S/C19H16O3/c1-13-12-15(9-11-18(20)21)8-10-17(13)19(22)14(2)16-6-4-3-5-7-16/h3-12H,2H2,1H3,(H,20,21)/b11-9+. The quantitative estimate of drug-likeness (QED) is 0.669. The molecule has 2 aromatic carbocycles. The predicted molar refractivity (Wildman–Crippen MR) is 87.7 cm³/mol. The molecule has 3 nitrogen and oxygen atoms in total. The molecule has 0 aliphatic carbocycles. The lowest BCUT2D eigenvalue weighted by molar-refractivity contribution is -0.131. The van der Waals surface area contributed by atoms with Crippen LogP contribution in [0.3, 0.4) is 0 Å². The van der Waals surface area contributed by atoms with Gasteiger partial charge < -0.3 is 5.11 Å². The number of benzene rings is 2. The van der Waals surface area contributed by atoms with Crippen molar-refractivity contribution in [1.82, 2.24) is 0 Å². The summed E-state index contributed by atoms with van der Waals surface area (Å²) in [7, 11) is 0. The van der Waals surface area contributed by atoms with Crippen molar-refractivity contribution in [1.29, 1.82) is 0 Å². The van der Waals surface area contributed by atoms with Gasteiger partial charge in [0.05, 0.1) is 0 Å². The molecule has 0 unspecified atom stereocenters. The highest BCUT2D eigenvalue weighted by Crippen LogP contribution is 2.21. The normalized spacial score (nSPS) is 10.6. The molecule has 0 aromatic heterocycles. The van der Waals surface area contributed by atoms with Crippen LogP contribution in [0.25, 0.3) is 11.6 Å². The van der Waals surface area contributed by atoms with Crippen molar-refractivity contribution in [3.63, 3.8) is 0 Å². The SMILES string of the molecule is C=C(C(=O)c1ccc(/C=C/C(=O)O)cc1C)c1ccccc1. The Bertz CT molecular complexity index is 756. The maximum absolute atomic E-state index is 12.5. The first-order valence-electron chi connectivity index (χ1n) is 6.79. The number of aliphatic carboxylic acids is 1. The third kappa shape index (κ3) is 3.58. The highest BCUT2D eigenvalue weighted by molar-refractivity contribution is 6.28. The lowest BCUT2D eigenvalue weighted by Crippen LogP contribution is -2.04. The summed E-state index contributed by atoms with van der Waals surface area (Å²) in [6.07, 6.45) is 2.56. The zero-order valence-corrected chi connectivity index (χ0v) is 12.2. The Labute approximate surface area is 129 Å². The van der Waals surface area contributed by atoms with Gasteiger partial charge >= 0.3 is 5.97 Å². The molecule has 3 heteroatoms. The fraction of sp³-hybridized carbons (Fsp3) is 0.0526. The molecule has 0 fully saturated rings. The lowest BCUT2D eigenvalue weighted by Gasteiger charge is -2.09. The molecule has 0 saturated carbocycles. The number of rotatable bonds is 5. The van der Waals surface area contributed by atoms with Crippen molar-refractivity contribution >= 4 is 23.4 Å². The number of hydrogen-bond acceptors (Lipinski definition) is 2. The minimum absolute atomic E-state index is 0.127. The van der Waals surface area contributed by atoms with Gasteiger partial charge in [0.25, 0.3) is 0 Å². The van der Waals surface area contributed by atoms with Gasteiger partial charge in [-0.25, -0.2) is 4.79 Å². The van der Waals surface area contributed by atoms with E-state index in [-0.39, 0.29) is 5.78 Å². The van der Waals surface area contributed by atoms with Crippen LogP contribution in [0.5, 0.6) is 0 Å². The van der Waals surface area contributed by atoms with E-state index < -0.39 is 5.97 Å². The Morgan fingerprint density at radius 2 is 1.77 bits per heavy atom. The first-order chi connectivity index (χ1) is 10.5. The van der Waals surface area contributed by atoms with Crippen LogP contribution in [0.2, 0.25) is 0 Å². The van der Waals surface area contributed by atoms with E-state index in [1.807, 2.05) is 37.3 Å². The molecular weight excluding hydrogens is 276 g/mol. The number of Topliss-reactive ketones (excluding diaryl/α,β-unsaturated/α-hetero) is 1. The third-order valence-electron chi connectivity index (χ3n) is 3.31. The minimum Gasteiger partial charge on any atom is -0.478 e. The lowest BCUT2D eigenvalue weighted by atomic mass is 9.94. The highest BCUT2D eigenvalue weighted by Gasteiger charge is 2.14. The summed E-state index contributed by atoms with van der Waals surface area (Å²) < 4.78 is 0. The molecule has 0 radical (unpaired) electrons. The van der Waals surface area contributed by atoms with Crippen LogP contribution in [0, 0.1) is 6.92 Å². The molecule has 0 aliphatic heterocycles. The molecule has 0 heterocycles. The van der Waals surface area contributed by atoms with Crippen LogP contribution in [0.4, 0.5) is 0 Å². The van der Waals surface area contributed by atoms with E-state index in [4.69, 9.17) is 5.11 Å². The number of carboxylic acid groups (broad SMARTS) is 1. The van der Waals surface area contributed by atoms with Crippen LogP contribution in [0.1, 0.15) is 27.0 Å². The average Bonchev–Trinajstić information content (AvgIpc) is 2.52. The molecule has 0 saturated heterocycles. The van der Waals surface area contributed by atoms with E-state index in [2.05, 4.69) is 6.58 Å². The first kappa shape index (κ1) is 15.4. The van der Waals surface area contributed by atoms with Crippen LogP contribution in [-0.4, -0.2) is 16.9 Å². The van der Waals surface area contributed by atoms with E-state index in [1.165, 1.54) is 6.08 Å². The Morgan fingerprint density at radius 1 is 1.09 bits per heavy atom. The van der Waals surface area contributed by atoms with Gasteiger partial charge in [-0.05, 0) is 29.7 Å². The van der Waals surface area contributed by atoms with Gasteiger partial charge in [-0.15, -0.1) is 0 Å². The summed E-state index contributed by atoms with van der Waals surface area (Å²) in [6.45, 7) is 5.71. The van der Waals surface area contributed by atoms with Crippen LogP contribution in [-0.2, 0) is 4.79 Å². The third-order valence-corrected chi connectivity index (χ3v) is 3.31. The second kappa shape index (κ2) is 6.68. The molecule has 2 aromatic rings. The van der Waals surface area contributed by atoms with Gasteiger partial charge in [0.2, 0.25) is 0 Å². The van der Waals surface area contributed by atoms with E-state index in [0.29, 0.717) is 11.1 Å². The fourth-order valence-corrected chi connectivity index (χ4v) is 2.15. The van der Waals surface area contributed by atoms with Crippen molar-refractivity contribution in [2.75, 3.05) is 0 Å². The van der Waals surface area contributed by atoms with Crippen molar-refractivity contribution in [2.45, 2.75) is 6.92 Å². The number of carbonyl (C=O) groups is 2. The monoisotopic (exact) mass is 292 g/mol. The van der Waals surface area contributed by atoms with Crippen LogP contribution < -0.4 is 0 Å². The first-order valence-corrected chi connectivity index (χ1v) is 6.79. The molecule has 2 rings (SSSR count). The molecule has 0 spiro atoms. The van der Waals surface area contributed by atoms with E-state index in [0.717, 1.165) is 22.8 Å². The summed E-state index contributed by atoms with van der Waals surface area (Å²) in [5.41, 5.74) is 3.33. The molecule has 1 N–H and O–H groups in total. The molecule has 0 amide bonds. The molecule has 22 heavy (non-hydrogen) atoms. The Hall–Kier alpha value is -2.94. The Morgan fingerprint density at radius 3 is 2.36 bits per heavy atom. The zero-order chi connectivity index (χ0) is 16.1. The number of carbonyl (C=O) groups excluding carboxylic acids is 1. The topological polar surface area (TPSA) is 54.4 Å². The summed E-state index contributed by atoms with van der Waals surface area (Å²) in [5, 5.41) is 8.63. The number of hydrogen-bond donors (Lipinski definition) is 1. The number of ketones is 1. The fourth-order valence-electron chi connectivity index (χ4n) is 2.15. The van der Waals surface area contributed by atoms with Crippen molar-refractivity contribution in [3.8, 4) is 0 Å². The van der Waals surface area contributed by atoms with Gasteiger partial charge in [0.15, 0.2) is 5.78 Å². The molecular formula is C19H16O3. The van der Waals surface area contributed by atoms with E-state index in [1.54, 1.807) is 18.2 Å². The molecule has 110 valence electrons. The van der Waals surface area contributed by atoms with Gasteiger partial charge in [0.1, 0.15) is 0 Å². The van der Waals surface area contributed by atoms with Crippen LogP contribution in [0.15, 0.2) is 61.2 Å². The Balaban J connectivity index is 2.27. The summed E-state index contributed by atoms with van der Waals surface area (Å²) in [6, 6.07) is 14.5. The summed E-state index contributed by atoms with van der Waals surface area (Å²) in [4.78, 5) is 23.1. The zero-order valence-electron chi connectivity index (χ0n) is 12.2. The largest absolute Gasteiger partial charge is 0.478 e. The van der Waals surface area contributed by atoms with Crippen LogP contribution >= 0.6 is 0 Å².